The predicted octanol–water partition coefficient (Wildman–Crippen LogP) is 1.77. The molecule has 0 spiro atoms. The molecule has 0 bridgehead atoms. The van der Waals surface area contributed by atoms with Crippen molar-refractivity contribution in [3.05, 3.63) is 35.6 Å². The number of nitrogens with one attached hydrogen (secondary N) is 1. The van der Waals surface area contributed by atoms with E-state index in [1.54, 1.807) is 12.1 Å². The van der Waals surface area contributed by atoms with Gasteiger partial charge in [-0.25, -0.2) is 9.40 Å². The maximum atomic E-state index is 13.2. The van der Waals surface area contributed by atoms with E-state index in [9.17, 15) is 14.0 Å². The first-order chi connectivity index (χ1) is 11.5. The Bertz CT molecular complexity index is 654. The summed E-state index contributed by atoms with van der Waals surface area (Å²) in [7, 11) is 1.53. The zero-order valence-electron chi connectivity index (χ0n) is 13.5. The smallest absolute Gasteiger partial charge is 0.268 e. The fourth-order valence-corrected chi connectivity index (χ4v) is 2.98. The molecular weight excluding hydrogens is 313 g/mol. The van der Waals surface area contributed by atoms with Crippen molar-refractivity contribution in [3.8, 4) is 0 Å². The Morgan fingerprint density at radius 3 is 2.75 bits per heavy atom. The van der Waals surface area contributed by atoms with Crippen molar-refractivity contribution in [3.63, 3.8) is 0 Å². The van der Waals surface area contributed by atoms with Crippen molar-refractivity contribution in [1.29, 1.82) is 0 Å². The number of carbonyl (C=O) groups excluding carboxylic acids is 2. The lowest BCUT2D eigenvalue weighted by Gasteiger charge is -2.26. The summed E-state index contributed by atoms with van der Waals surface area (Å²) in [6, 6.07) is 5.68. The van der Waals surface area contributed by atoms with Gasteiger partial charge in [-0.05, 0) is 30.5 Å². The number of hydrogen-bond donors (Lipinski definition) is 1. The topological polar surface area (TPSA) is 71.0 Å². The van der Waals surface area contributed by atoms with Crippen LogP contribution in [0.1, 0.15) is 37.3 Å². The van der Waals surface area contributed by atoms with Crippen LogP contribution in [0.2, 0.25) is 0 Å². The van der Waals surface area contributed by atoms with E-state index in [-0.39, 0.29) is 36.2 Å². The zero-order valence-corrected chi connectivity index (χ0v) is 13.5. The van der Waals surface area contributed by atoms with Gasteiger partial charge >= 0.3 is 0 Å². The van der Waals surface area contributed by atoms with Crippen LogP contribution in [-0.2, 0) is 14.3 Å². The molecule has 1 aromatic rings. The Morgan fingerprint density at radius 2 is 2.12 bits per heavy atom. The van der Waals surface area contributed by atoms with E-state index in [0.717, 1.165) is 18.4 Å². The zero-order chi connectivity index (χ0) is 17.1. The van der Waals surface area contributed by atoms with E-state index < -0.39 is 0 Å². The monoisotopic (exact) mass is 333 g/mol. The Balaban J connectivity index is 1.78. The summed E-state index contributed by atoms with van der Waals surface area (Å²) in [5, 5.41) is 8.17. The fourth-order valence-electron chi connectivity index (χ4n) is 2.98. The van der Waals surface area contributed by atoms with Gasteiger partial charge in [0.1, 0.15) is 11.5 Å². The summed E-state index contributed by atoms with van der Waals surface area (Å²) in [6.07, 6.45) is 2.19. The normalized spacial score (nSPS) is 22.2. The Hall–Kier alpha value is -2.28. The summed E-state index contributed by atoms with van der Waals surface area (Å²) in [5.74, 6) is -0.757. The number of carbonyl (C=O) groups is 2. The first kappa shape index (κ1) is 16.6. The molecule has 2 amide bonds. The minimum Gasteiger partial charge on any atom is -0.376 e. The second kappa shape index (κ2) is 7.09. The molecule has 1 aromatic carbocycles. The number of rotatable bonds is 4. The molecule has 2 heterocycles. The quantitative estimate of drug-likeness (QED) is 0.913. The minimum atomic E-state index is -0.369. The fraction of sp³-hybridized carbons (Fsp3) is 0.471. The van der Waals surface area contributed by atoms with Crippen LogP contribution in [0.5, 0.6) is 0 Å². The van der Waals surface area contributed by atoms with Gasteiger partial charge in [0.05, 0.1) is 12.1 Å². The van der Waals surface area contributed by atoms with Gasteiger partial charge in [0.25, 0.3) is 5.91 Å². The molecule has 1 saturated heterocycles. The third-order valence-corrected chi connectivity index (χ3v) is 4.32. The lowest BCUT2D eigenvalue weighted by Crippen LogP contribution is -2.42. The Morgan fingerprint density at radius 1 is 1.38 bits per heavy atom. The molecule has 1 fully saturated rings. The third-order valence-electron chi connectivity index (χ3n) is 4.32. The second-order valence-corrected chi connectivity index (χ2v) is 6.02. The van der Waals surface area contributed by atoms with Crippen LogP contribution >= 0.6 is 0 Å². The van der Waals surface area contributed by atoms with Crippen LogP contribution in [0.25, 0.3) is 0 Å². The van der Waals surface area contributed by atoms with Crippen molar-refractivity contribution >= 4 is 17.5 Å². The van der Waals surface area contributed by atoms with Crippen LogP contribution in [0.3, 0.4) is 0 Å². The van der Waals surface area contributed by atoms with Crippen molar-refractivity contribution in [2.45, 2.75) is 37.8 Å². The van der Waals surface area contributed by atoms with Gasteiger partial charge < -0.3 is 10.1 Å². The maximum Gasteiger partial charge on any atom is 0.268 e. The van der Waals surface area contributed by atoms with Gasteiger partial charge in [0, 0.05) is 26.5 Å². The number of amides is 2. The molecule has 0 aromatic heterocycles. The molecule has 2 aliphatic heterocycles. The van der Waals surface area contributed by atoms with Crippen molar-refractivity contribution in [1.82, 2.24) is 10.3 Å². The molecule has 3 rings (SSSR count). The average molecular weight is 333 g/mol. The summed E-state index contributed by atoms with van der Waals surface area (Å²) >= 11 is 0. The number of ether oxygens (including phenoxy) is 1. The summed E-state index contributed by atoms with van der Waals surface area (Å²) in [5.41, 5.74) is 1.11. The molecule has 24 heavy (non-hydrogen) atoms. The van der Waals surface area contributed by atoms with E-state index in [4.69, 9.17) is 4.74 Å². The number of hydrazone groups is 1. The third kappa shape index (κ3) is 3.62. The minimum absolute atomic E-state index is 0.110. The molecule has 0 aliphatic carbocycles. The standard InChI is InChI=1S/C17H20FN3O3/c1-21-15(22)9-8-13(20-21)17(23)19-16(14-3-2-10-24-14)11-4-6-12(18)7-5-11/h4-7,14,16H,2-3,8-10H2,1H3,(H,19,23)/t14-,16-/m1/s1. The molecule has 1 N–H and O–H groups in total. The number of halogens is 1. The molecule has 128 valence electrons. The largest absolute Gasteiger partial charge is 0.376 e. The Kier molecular flexibility index (Phi) is 4.89. The Labute approximate surface area is 139 Å². The van der Waals surface area contributed by atoms with Gasteiger partial charge in [-0.15, -0.1) is 0 Å². The highest BCUT2D eigenvalue weighted by atomic mass is 19.1. The van der Waals surface area contributed by atoms with Crippen LogP contribution in [-0.4, -0.2) is 42.3 Å². The maximum absolute atomic E-state index is 13.2. The van der Waals surface area contributed by atoms with Crippen molar-refractivity contribution in [2.75, 3.05) is 13.7 Å². The van der Waals surface area contributed by atoms with Crippen LogP contribution in [0.4, 0.5) is 4.39 Å². The van der Waals surface area contributed by atoms with Crippen LogP contribution in [0, 0.1) is 5.82 Å². The van der Waals surface area contributed by atoms with Crippen LogP contribution < -0.4 is 5.32 Å². The van der Waals surface area contributed by atoms with E-state index in [1.165, 1.54) is 24.2 Å². The molecule has 7 heteroatoms. The van der Waals surface area contributed by atoms with Gasteiger partial charge in [-0.1, -0.05) is 12.1 Å². The van der Waals surface area contributed by atoms with Gasteiger partial charge in [0.2, 0.25) is 5.91 Å². The highest BCUT2D eigenvalue weighted by Crippen LogP contribution is 2.27. The molecule has 0 radical (unpaired) electrons. The summed E-state index contributed by atoms with van der Waals surface area (Å²) in [4.78, 5) is 24.0. The highest BCUT2D eigenvalue weighted by Gasteiger charge is 2.31. The molecule has 2 atom stereocenters. The SMILES string of the molecule is CN1N=C(C(=O)N[C@H](c2ccc(F)cc2)[C@H]2CCCO2)CCC1=O. The first-order valence-electron chi connectivity index (χ1n) is 8.06. The number of hydrogen-bond acceptors (Lipinski definition) is 4. The second-order valence-electron chi connectivity index (χ2n) is 6.02. The average Bonchev–Trinajstić information content (AvgIpc) is 3.10. The number of nitrogens with zero attached hydrogens (tertiary/aromatic N) is 2. The molecule has 6 nitrogen and oxygen atoms in total. The van der Waals surface area contributed by atoms with E-state index in [1.807, 2.05) is 0 Å². The van der Waals surface area contributed by atoms with Gasteiger partial charge in [0.15, 0.2) is 0 Å². The van der Waals surface area contributed by atoms with Gasteiger partial charge in [-0.2, -0.15) is 5.10 Å². The lowest BCUT2D eigenvalue weighted by atomic mass is 9.98. The van der Waals surface area contributed by atoms with E-state index in [0.29, 0.717) is 18.7 Å². The summed E-state index contributed by atoms with van der Waals surface area (Å²) < 4.78 is 18.9. The van der Waals surface area contributed by atoms with Crippen LogP contribution in [0.15, 0.2) is 29.4 Å². The van der Waals surface area contributed by atoms with Crippen molar-refractivity contribution in [2.24, 2.45) is 5.10 Å². The molecular formula is C17H20FN3O3. The lowest BCUT2D eigenvalue weighted by molar-refractivity contribution is -0.130. The predicted molar refractivity (Wildman–Crippen MR) is 85.7 cm³/mol. The summed E-state index contributed by atoms with van der Waals surface area (Å²) in [6.45, 7) is 0.649. The van der Waals surface area contributed by atoms with E-state index in [2.05, 4.69) is 10.4 Å². The molecule has 0 unspecified atom stereocenters. The molecule has 0 saturated carbocycles. The van der Waals surface area contributed by atoms with E-state index >= 15 is 0 Å². The number of benzene rings is 1. The van der Waals surface area contributed by atoms with Gasteiger partial charge in [-0.3, -0.25) is 9.59 Å². The highest BCUT2D eigenvalue weighted by molar-refractivity contribution is 6.39. The first-order valence-corrected chi connectivity index (χ1v) is 8.06. The van der Waals surface area contributed by atoms with Crippen molar-refractivity contribution < 1.29 is 18.7 Å². The molecule has 2 aliphatic rings.